The van der Waals surface area contributed by atoms with Gasteiger partial charge in [0.2, 0.25) is 0 Å². The summed E-state index contributed by atoms with van der Waals surface area (Å²) in [5.41, 5.74) is 1.18. The van der Waals surface area contributed by atoms with Gasteiger partial charge in [0.1, 0.15) is 0 Å². The van der Waals surface area contributed by atoms with Crippen LogP contribution < -0.4 is 4.90 Å². The van der Waals surface area contributed by atoms with Gasteiger partial charge in [0.15, 0.2) is 0 Å². The lowest BCUT2D eigenvalue weighted by Gasteiger charge is -2.33. The summed E-state index contributed by atoms with van der Waals surface area (Å²) >= 11 is -2.39. The van der Waals surface area contributed by atoms with Crippen molar-refractivity contribution in [1.29, 1.82) is 0 Å². The quantitative estimate of drug-likeness (QED) is 0.751. The molecule has 1 aromatic rings. The van der Waals surface area contributed by atoms with E-state index in [0.29, 0.717) is 0 Å². The Bertz CT molecular complexity index is 350. The predicted molar refractivity (Wildman–Crippen MR) is 61.7 cm³/mol. The summed E-state index contributed by atoms with van der Waals surface area (Å²) in [5.74, 6) is 0. The van der Waals surface area contributed by atoms with Gasteiger partial charge in [-0.05, 0) is 25.0 Å². The molecule has 4 nitrogen and oxygen atoms in total. The van der Waals surface area contributed by atoms with Crippen LogP contribution >= 0.6 is 0 Å². The van der Waals surface area contributed by atoms with Gasteiger partial charge in [-0.1, -0.05) is 18.2 Å². The number of hydrogen-bond donors (Lipinski definition) is 0. The molecule has 0 N–H and O–H groups in total. The average Bonchev–Trinajstić information content (AvgIpc) is 2.30. The lowest BCUT2D eigenvalue weighted by Crippen LogP contribution is -2.37. The van der Waals surface area contributed by atoms with Crippen molar-refractivity contribution in [3.63, 3.8) is 0 Å². The summed E-state index contributed by atoms with van der Waals surface area (Å²) < 4.78 is 25.5. The van der Waals surface area contributed by atoms with Crippen molar-refractivity contribution in [2.75, 3.05) is 18.0 Å². The molecule has 1 unspecified atom stereocenters. The second-order valence-corrected chi connectivity index (χ2v) is 4.42. The highest BCUT2D eigenvalue weighted by Gasteiger charge is 2.20. The standard InChI is InChI=1S/C11H15NO3S/c13-16(14)15-11-6-8-12(9-7-11)10-4-2-1-3-5-10/h1-5,11H,6-9H2,(H,13,14)/p-1. The third-order valence-corrected chi connectivity index (χ3v) is 3.21. The smallest absolute Gasteiger partial charge is 0.0844 e. The minimum atomic E-state index is -2.39. The fourth-order valence-electron chi connectivity index (χ4n) is 1.96. The van der Waals surface area contributed by atoms with Gasteiger partial charge in [0, 0.05) is 18.8 Å². The highest BCUT2D eigenvalue weighted by molar-refractivity contribution is 7.74. The van der Waals surface area contributed by atoms with Crippen LogP contribution in [-0.4, -0.2) is 28.0 Å². The molecule has 0 aliphatic carbocycles. The van der Waals surface area contributed by atoms with Crippen LogP contribution in [0.3, 0.4) is 0 Å². The highest BCUT2D eigenvalue weighted by Crippen LogP contribution is 2.21. The molecule has 1 aliphatic heterocycles. The van der Waals surface area contributed by atoms with Crippen LogP contribution in [0.4, 0.5) is 5.69 Å². The Morgan fingerprint density at radius 3 is 2.44 bits per heavy atom. The zero-order valence-corrected chi connectivity index (χ0v) is 9.69. The van der Waals surface area contributed by atoms with E-state index in [9.17, 15) is 8.76 Å². The molecule has 1 aliphatic rings. The van der Waals surface area contributed by atoms with E-state index < -0.39 is 11.4 Å². The van der Waals surface area contributed by atoms with Crippen molar-refractivity contribution >= 4 is 17.0 Å². The van der Waals surface area contributed by atoms with Crippen LogP contribution in [0, 0.1) is 0 Å². The Balaban J connectivity index is 1.88. The van der Waals surface area contributed by atoms with E-state index in [1.165, 1.54) is 5.69 Å². The van der Waals surface area contributed by atoms with E-state index in [-0.39, 0.29) is 6.10 Å². The first-order valence-corrected chi connectivity index (χ1v) is 6.32. The van der Waals surface area contributed by atoms with E-state index in [1.807, 2.05) is 18.2 Å². The van der Waals surface area contributed by atoms with Gasteiger partial charge in [0.05, 0.1) is 17.5 Å². The lowest BCUT2D eigenvalue weighted by atomic mass is 10.1. The van der Waals surface area contributed by atoms with Crippen LogP contribution in [0.5, 0.6) is 0 Å². The summed E-state index contributed by atoms with van der Waals surface area (Å²) in [6.45, 7) is 1.68. The molecule has 16 heavy (non-hydrogen) atoms. The van der Waals surface area contributed by atoms with E-state index >= 15 is 0 Å². The molecule has 5 heteroatoms. The Labute approximate surface area is 97.7 Å². The van der Waals surface area contributed by atoms with Gasteiger partial charge in [-0.15, -0.1) is 0 Å². The number of rotatable bonds is 3. The second-order valence-electron chi connectivity index (χ2n) is 3.82. The third kappa shape index (κ3) is 3.04. The Hall–Kier alpha value is -0.910. The molecule has 1 aromatic carbocycles. The van der Waals surface area contributed by atoms with Crippen LogP contribution in [-0.2, 0) is 15.5 Å². The summed E-state index contributed by atoms with van der Waals surface area (Å²) in [6, 6.07) is 10.1. The van der Waals surface area contributed by atoms with Gasteiger partial charge >= 0.3 is 0 Å². The molecule has 1 heterocycles. The molecule has 0 saturated carbocycles. The van der Waals surface area contributed by atoms with Crippen LogP contribution in [0.2, 0.25) is 0 Å². The molecular weight excluding hydrogens is 226 g/mol. The Kier molecular flexibility index (Phi) is 3.93. The van der Waals surface area contributed by atoms with E-state index in [4.69, 9.17) is 4.18 Å². The first-order chi connectivity index (χ1) is 7.75. The molecule has 1 atom stereocenters. The van der Waals surface area contributed by atoms with Gasteiger partial charge in [-0.2, -0.15) is 0 Å². The Morgan fingerprint density at radius 2 is 1.88 bits per heavy atom. The third-order valence-electron chi connectivity index (χ3n) is 2.78. The summed E-state index contributed by atoms with van der Waals surface area (Å²) in [4.78, 5) is 2.24. The first-order valence-electron chi connectivity index (χ1n) is 5.32. The summed E-state index contributed by atoms with van der Waals surface area (Å²) in [7, 11) is 0. The maximum atomic E-state index is 10.4. The minimum absolute atomic E-state index is 0.154. The lowest BCUT2D eigenvalue weighted by molar-refractivity contribution is 0.172. The van der Waals surface area contributed by atoms with Crippen molar-refractivity contribution in [1.82, 2.24) is 0 Å². The van der Waals surface area contributed by atoms with Crippen molar-refractivity contribution < 1.29 is 12.9 Å². The van der Waals surface area contributed by atoms with E-state index in [2.05, 4.69) is 17.0 Å². The maximum Gasteiger partial charge on any atom is 0.0844 e. The fraction of sp³-hybridized carbons (Fsp3) is 0.455. The zero-order chi connectivity index (χ0) is 11.4. The van der Waals surface area contributed by atoms with E-state index in [1.54, 1.807) is 0 Å². The SMILES string of the molecule is O=S([O-])OC1CCN(c2ccccc2)CC1. The van der Waals surface area contributed by atoms with Crippen molar-refractivity contribution in [2.45, 2.75) is 18.9 Å². The number of nitrogens with zero attached hydrogens (tertiary/aromatic N) is 1. The molecule has 0 aromatic heterocycles. The van der Waals surface area contributed by atoms with Gasteiger partial charge in [-0.3, -0.25) is 4.18 Å². The molecule has 1 fully saturated rings. The largest absolute Gasteiger partial charge is 0.750 e. The normalized spacial score (nSPS) is 19.7. The number of piperidine rings is 1. The summed E-state index contributed by atoms with van der Waals surface area (Å²) in [5, 5.41) is 0. The van der Waals surface area contributed by atoms with Gasteiger partial charge in [-0.25, -0.2) is 4.21 Å². The van der Waals surface area contributed by atoms with Gasteiger partial charge in [0.25, 0.3) is 0 Å². The molecule has 0 spiro atoms. The number of hydrogen-bond acceptors (Lipinski definition) is 4. The number of para-hydroxylation sites is 1. The average molecular weight is 240 g/mol. The van der Waals surface area contributed by atoms with Gasteiger partial charge < -0.3 is 9.45 Å². The fourth-order valence-corrected chi connectivity index (χ4v) is 2.37. The molecule has 0 amide bonds. The van der Waals surface area contributed by atoms with Crippen LogP contribution in [0.25, 0.3) is 0 Å². The van der Waals surface area contributed by atoms with E-state index in [0.717, 1.165) is 25.9 Å². The molecule has 0 bridgehead atoms. The number of anilines is 1. The Morgan fingerprint density at radius 1 is 1.25 bits per heavy atom. The number of benzene rings is 1. The molecule has 88 valence electrons. The topological polar surface area (TPSA) is 52.6 Å². The molecule has 2 rings (SSSR count). The maximum absolute atomic E-state index is 10.4. The second kappa shape index (κ2) is 5.43. The zero-order valence-electron chi connectivity index (χ0n) is 8.87. The predicted octanol–water partition coefficient (Wildman–Crippen LogP) is 1.47. The molecule has 1 saturated heterocycles. The monoisotopic (exact) mass is 240 g/mol. The molecular formula is C11H14NO3S-. The van der Waals surface area contributed by atoms with Crippen molar-refractivity contribution in [2.24, 2.45) is 0 Å². The molecule has 0 radical (unpaired) electrons. The van der Waals surface area contributed by atoms with Crippen LogP contribution in [0.15, 0.2) is 30.3 Å². The summed E-state index contributed by atoms with van der Waals surface area (Å²) in [6.07, 6.45) is 1.35. The van der Waals surface area contributed by atoms with Crippen molar-refractivity contribution in [3.8, 4) is 0 Å². The minimum Gasteiger partial charge on any atom is -0.750 e. The van der Waals surface area contributed by atoms with Crippen molar-refractivity contribution in [3.05, 3.63) is 30.3 Å². The first kappa shape index (κ1) is 11.6. The highest BCUT2D eigenvalue weighted by atomic mass is 32.2. The van der Waals surface area contributed by atoms with Crippen LogP contribution in [0.1, 0.15) is 12.8 Å².